The van der Waals surface area contributed by atoms with Crippen molar-refractivity contribution in [3.63, 3.8) is 0 Å². The largest absolute Gasteiger partial charge is 0.481 e. The molecule has 2 aromatic rings. The number of primary amides is 1. The average Bonchev–Trinajstić information content (AvgIpc) is 2.52. The molecule has 0 fully saturated rings. The molecule has 0 radical (unpaired) electrons. The Kier molecular flexibility index (Phi) is 5.24. The molecule has 0 aromatic heterocycles. The molecule has 0 heterocycles. The molecule has 0 unspecified atom stereocenters. The van der Waals surface area contributed by atoms with E-state index >= 15 is 0 Å². The monoisotopic (exact) mass is 320 g/mol. The number of ether oxygens (including phenoxy) is 1. The first kappa shape index (κ1) is 16.4. The van der Waals surface area contributed by atoms with E-state index in [2.05, 4.69) is 0 Å². The molecular weight excluding hydrogens is 306 g/mol. The van der Waals surface area contributed by atoms with Gasteiger partial charge < -0.3 is 15.4 Å². The van der Waals surface area contributed by atoms with Crippen molar-refractivity contribution in [1.82, 2.24) is 0 Å². The number of carbonyl (C=O) groups is 2. The standard InChI is InChI=1S/C16H14F2N2O3/c17-11-6-7-14(13(18)8-11)23-10-16(22)20(9-15(19)21)12-4-2-1-3-5-12/h1-8H,9-10H2,(H2,19,21). The number of hydrogen-bond acceptors (Lipinski definition) is 3. The molecule has 0 saturated carbocycles. The lowest BCUT2D eigenvalue weighted by Gasteiger charge is -2.21. The molecule has 120 valence electrons. The van der Waals surface area contributed by atoms with Crippen LogP contribution in [0.15, 0.2) is 48.5 Å². The molecule has 2 amide bonds. The van der Waals surface area contributed by atoms with Crippen molar-refractivity contribution in [2.45, 2.75) is 0 Å². The van der Waals surface area contributed by atoms with Gasteiger partial charge in [0.25, 0.3) is 5.91 Å². The molecule has 2 rings (SSSR count). The van der Waals surface area contributed by atoms with Gasteiger partial charge in [-0.05, 0) is 24.3 Å². The summed E-state index contributed by atoms with van der Waals surface area (Å²) >= 11 is 0. The number of para-hydroxylation sites is 1. The zero-order chi connectivity index (χ0) is 16.8. The van der Waals surface area contributed by atoms with Crippen molar-refractivity contribution in [3.8, 4) is 5.75 Å². The predicted octanol–water partition coefficient (Wildman–Crippen LogP) is 1.86. The van der Waals surface area contributed by atoms with Gasteiger partial charge in [0.15, 0.2) is 18.2 Å². The number of carbonyl (C=O) groups excluding carboxylic acids is 2. The Hall–Kier alpha value is -2.96. The van der Waals surface area contributed by atoms with E-state index in [0.29, 0.717) is 11.8 Å². The molecule has 2 N–H and O–H groups in total. The SMILES string of the molecule is NC(=O)CN(C(=O)COc1ccc(F)cc1F)c1ccccc1. The maximum Gasteiger partial charge on any atom is 0.265 e. The molecular formula is C16H14F2N2O3. The lowest BCUT2D eigenvalue weighted by molar-refractivity contribution is -0.123. The van der Waals surface area contributed by atoms with Gasteiger partial charge in [0.1, 0.15) is 12.4 Å². The van der Waals surface area contributed by atoms with Gasteiger partial charge in [0.05, 0.1) is 0 Å². The van der Waals surface area contributed by atoms with Crippen molar-refractivity contribution in [2.75, 3.05) is 18.1 Å². The lowest BCUT2D eigenvalue weighted by Crippen LogP contribution is -2.41. The number of amides is 2. The smallest absolute Gasteiger partial charge is 0.265 e. The van der Waals surface area contributed by atoms with Crippen LogP contribution in [-0.4, -0.2) is 25.0 Å². The van der Waals surface area contributed by atoms with E-state index in [-0.39, 0.29) is 12.3 Å². The highest BCUT2D eigenvalue weighted by Gasteiger charge is 2.19. The second-order valence-electron chi connectivity index (χ2n) is 4.65. The summed E-state index contributed by atoms with van der Waals surface area (Å²) in [5.74, 6) is -3.21. The van der Waals surface area contributed by atoms with Gasteiger partial charge in [-0.2, -0.15) is 0 Å². The molecule has 7 heteroatoms. The Morgan fingerprint density at radius 2 is 1.78 bits per heavy atom. The van der Waals surface area contributed by atoms with Crippen LogP contribution < -0.4 is 15.4 Å². The first-order valence-electron chi connectivity index (χ1n) is 6.69. The van der Waals surface area contributed by atoms with Gasteiger partial charge in [-0.25, -0.2) is 8.78 Å². The number of hydrogen-bond donors (Lipinski definition) is 1. The summed E-state index contributed by atoms with van der Waals surface area (Å²) in [6.45, 7) is -0.858. The van der Waals surface area contributed by atoms with Gasteiger partial charge in [0.2, 0.25) is 5.91 Å². The third kappa shape index (κ3) is 4.50. The van der Waals surface area contributed by atoms with Crippen LogP contribution in [0.5, 0.6) is 5.75 Å². The molecule has 0 atom stereocenters. The van der Waals surface area contributed by atoms with E-state index < -0.39 is 30.1 Å². The zero-order valence-electron chi connectivity index (χ0n) is 12.0. The van der Waals surface area contributed by atoms with E-state index in [9.17, 15) is 18.4 Å². The highest BCUT2D eigenvalue weighted by atomic mass is 19.1. The van der Waals surface area contributed by atoms with Crippen molar-refractivity contribution in [1.29, 1.82) is 0 Å². The third-order valence-electron chi connectivity index (χ3n) is 2.93. The number of halogens is 2. The number of rotatable bonds is 6. The molecule has 0 bridgehead atoms. The van der Waals surface area contributed by atoms with Gasteiger partial charge in [-0.1, -0.05) is 18.2 Å². The van der Waals surface area contributed by atoms with Crippen LogP contribution in [0.1, 0.15) is 0 Å². The minimum Gasteiger partial charge on any atom is -0.481 e. The highest BCUT2D eigenvalue weighted by molar-refractivity contribution is 5.99. The van der Waals surface area contributed by atoms with Crippen molar-refractivity contribution >= 4 is 17.5 Å². The highest BCUT2D eigenvalue weighted by Crippen LogP contribution is 2.18. The van der Waals surface area contributed by atoms with Gasteiger partial charge in [-0.3, -0.25) is 9.59 Å². The second-order valence-corrected chi connectivity index (χ2v) is 4.65. The van der Waals surface area contributed by atoms with Crippen LogP contribution in [0, 0.1) is 11.6 Å². The van der Waals surface area contributed by atoms with Gasteiger partial charge >= 0.3 is 0 Å². The maximum absolute atomic E-state index is 13.5. The van der Waals surface area contributed by atoms with Crippen LogP contribution in [-0.2, 0) is 9.59 Å². The summed E-state index contributed by atoms with van der Waals surface area (Å²) in [5, 5.41) is 0. The van der Waals surface area contributed by atoms with Crippen molar-refractivity contribution in [2.24, 2.45) is 5.73 Å². The van der Waals surface area contributed by atoms with E-state index in [1.54, 1.807) is 30.3 Å². The summed E-state index contributed by atoms with van der Waals surface area (Å²) in [6.07, 6.45) is 0. The number of anilines is 1. The first-order chi connectivity index (χ1) is 11.0. The fraction of sp³-hybridized carbons (Fsp3) is 0.125. The van der Waals surface area contributed by atoms with E-state index in [1.165, 1.54) is 0 Å². The minimum atomic E-state index is -0.918. The molecule has 0 spiro atoms. The number of nitrogens with two attached hydrogens (primary N) is 1. The Morgan fingerprint density at radius 3 is 2.39 bits per heavy atom. The van der Waals surface area contributed by atoms with Crippen LogP contribution >= 0.6 is 0 Å². The van der Waals surface area contributed by atoms with E-state index in [1.807, 2.05) is 0 Å². The summed E-state index contributed by atoms with van der Waals surface area (Å²) in [6, 6.07) is 11.1. The fourth-order valence-corrected chi connectivity index (χ4v) is 1.90. The normalized spacial score (nSPS) is 10.2. The number of nitrogens with zero attached hydrogens (tertiary/aromatic N) is 1. The summed E-state index contributed by atoms with van der Waals surface area (Å²) in [4.78, 5) is 24.5. The van der Waals surface area contributed by atoms with Crippen LogP contribution in [0.2, 0.25) is 0 Å². The Morgan fingerprint density at radius 1 is 1.09 bits per heavy atom. The van der Waals surface area contributed by atoms with Gasteiger partial charge in [0, 0.05) is 11.8 Å². The molecule has 2 aromatic carbocycles. The first-order valence-corrected chi connectivity index (χ1v) is 6.69. The molecule has 0 aliphatic rings. The lowest BCUT2D eigenvalue weighted by atomic mass is 10.2. The second kappa shape index (κ2) is 7.35. The molecule has 23 heavy (non-hydrogen) atoms. The number of benzene rings is 2. The van der Waals surface area contributed by atoms with Crippen LogP contribution in [0.3, 0.4) is 0 Å². The van der Waals surface area contributed by atoms with Crippen LogP contribution in [0.25, 0.3) is 0 Å². The zero-order valence-corrected chi connectivity index (χ0v) is 12.0. The summed E-state index contributed by atoms with van der Waals surface area (Å²) in [5.41, 5.74) is 5.60. The Bertz CT molecular complexity index is 708. The molecule has 0 aliphatic carbocycles. The molecule has 5 nitrogen and oxygen atoms in total. The predicted molar refractivity (Wildman–Crippen MR) is 79.8 cm³/mol. The minimum absolute atomic E-state index is 0.258. The van der Waals surface area contributed by atoms with Crippen molar-refractivity contribution < 1.29 is 23.1 Å². The van der Waals surface area contributed by atoms with E-state index in [4.69, 9.17) is 10.5 Å². The summed E-state index contributed by atoms with van der Waals surface area (Å²) in [7, 11) is 0. The van der Waals surface area contributed by atoms with E-state index in [0.717, 1.165) is 17.0 Å². The third-order valence-corrected chi connectivity index (χ3v) is 2.93. The Balaban J connectivity index is 2.10. The summed E-state index contributed by atoms with van der Waals surface area (Å²) < 4.78 is 31.3. The maximum atomic E-state index is 13.5. The molecule has 0 aliphatic heterocycles. The van der Waals surface area contributed by atoms with Gasteiger partial charge in [-0.15, -0.1) is 0 Å². The van der Waals surface area contributed by atoms with Crippen molar-refractivity contribution in [3.05, 3.63) is 60.2 Å². The van der Waals surface area contributed by atoms with Crippen LogP contribution in [0.4, 0.5) is 14.5 Å². The fourth-order valence-electron chi connectivity index (χ4n) is 1.90. The quantitative estimate of drug-likeness (QED) is 0.883. The molecule has 0 saturated heterocycles. The average molecular weight is 320 g/mol. The Labute approximate surface area is 131 Å². The topological polar surface area (TPSA) is 72.6 Å².